The van der Waals surface area contributed by atoms with Crippen molar-refractivity contribution in [1.82, 2.24) is 9.88 Å². The van der Waals surface area contributed by atoms with E-state index in [1.165, 1.54) is 5.56 Å². The topological polar surface area (TPSA) is 36.4 Å². The standard InChI is InChI=1S/C19H25N3O/c1-5-21(6-2)19(23)16-12-18(14-20-13-16)22(7-3)17-10-8-9-15(4)11-17/h8-14H,5-7H2,1-4H3. The van der Waals surface area contributed by atoms with E-state index in [2.05, 4.69) is 41.9 Å². The first-order chi connectivity index (χ1) is 11.1. The SMILES string of the molecule is CCN(CC)C(=O)c1cncc(N(CC)c2cccc(C)c2)c1. The smallest absolute Gasteiger partial charge is 0.255 e. The average molecular weight is 311 g/mol. The number of hydrogen-bond acceptors (Lipinski definition) is 3. The Morgan fingerprint density at radius 3 is 2.35 bits per heavy atom. The van der Waals surface area contributed by atoms with Crippen LogP contribution in [0.3, 0.4) is 0 Å². The van der Waals surface area contributed by atoms with Gasteiger partial charge in [-0.1, -0.05) is 12.1 Å². The largest absolute Gasteiger partial charge is 0.340 e. The zero-order valence-electron chi connectivity index (χ0n) is 14.4. The Morgan fingerprint density at radius 2 is 1.74 bits per heavy atom. The van der Waals surface area contributed by atoms with Gasteiger partial charge in [-0.15, -0.1) is 0 Å². The van der Waals surface area contributed by atoms with E-state index in [0.717, 1.165) is 17.9 Å². The minimum Gasteiger partial charge on any atom is -0.340 e. The molecule has 0 aliphatic heterocycles. The average Bonchev–Trinajstić information content (AvgIpc) is 2.57. The predicted molar refractivity (Wildman–Crippen MR) is 95.3 cm³/mol. The lowest BCUT2D eigenvalue weighted by Crippen LogP contribution is -2.30. The van der Waals surface area contributed by atoms with Crippen molar-refractivity contribution in [3.05, 3.63) is 53.9 Å². The van der Waals surface area contributed by atoms with Crippen molar-refractivity contribution in [2.75, 3.05) is 24.5 Å². The van der Waals surface area contributed by atoms with Gasteiger partial charge in [-0.25, -0.2) is 0 Å². The number of carbonyl (C=O) groups excluding carboxylic acids is 1. The molecule has 2 aromatic rings. The van der Waals surface area contributed by atoms with E-state index in [-0.39, 0.29) is 5.91 Å². The summed E-state index contributed by atoms with van der Waals surface area (Å²) in [6.45, 7) is 10.4. The fraction of sp³-hybridized carbons (Fsp3) is 0.368. The predicted octanol–water partition coefficient (Wildman–Crippen LogP) is 4.03. The van der Waals surface area contributed by atoms with Crippen LogP contribution in [0.1, 0.15) is 36.7 Å². The zero-order valence-corrected chi connectivity index (χ0v) is 14.4. The van der Waals surface area contributed by atoms with E-state index >= 15 is 0 Å². The Balaban J connectivity index is 2.35. The summed E-state index contributed by atoms with van der Waals surface area (Å²) in [6.07, 6.45) is 3.46. The first-order valence-electron chi connectivity index (χ1n) is 8.19. The number of aromatic nitrogens is 1. The van der Waals surface area contributed by atoms with Gasteiger partial charge in [0.2, 0.25) is 0 Å². The Morgan fingerprint density at radius 1 is 1.00 bits per heavy atom. The molecule has 0 N–H and O–H groups in total. The molecule has 0 saturated heterocycles. The van der Waals surface area contributed by atoms with Gasteiger partial charge in [0, 0.05) is 31.5 Å². The molecule has 0 bridgehead atoms. The second kappa shape index (κ2) is 7.77. The van der Waals surface area contributed by atoms with Crippen LogP contribution in [0.5, 0.6) is 0 Å². The number of nitrogens with zero attached hydrogens (tertiary/aromatic N) is 3. The minimum atomic E-state index is 0.0321. The van der Waals surface area contributed by atoms with Crippen LogP contribution in [-0.2, 0) is 0 Å². The van der Waals surface area contributed by atoms with Crippen molar-refractivity contribution in [1.29, 1.82) is 0 Å². The number of hydrogen-bond donors (Lipinski definition) is 0. The van der Waals surface area contributed by atoms with Crippen molar-refractivity contribution in [3.63, 3.8) is 0 Å². The van der Waals surface area contributed by atoms with Crippen molar-refractivity contribution < 1.29 is 4.79 Å². The van der Waals surface area contributed by atoms with E-state index < -0.39 is 0 Å². The van der Waals surface area contributed by atoms with E-state index in [0.29, 0.717) is 18.7 Å². The molecule has 0 unspecified atom stereocenters. The van der Waals surface area contributed by atoms with Crippen molar-refractivity contribution in [3.8, 4) is 0 Å². The van der Waals surface area contributed by atoms with Crippen molar-refractivity contribution >= 4 is 17.3 Å². The lowest BCUT2D eigenvalue weighted by Gasteiger charge is -2.24. The highest BCUT2D eigenvalue weighted by atomic mass is 16.2. The van der Waals surface area contributed by atoms with E-state index in [1.807, 2.05) is 37.1 Å². The van der Waals surface area contributed by atoms with Crippen LogP contribution in [0.4, 0.5) is 11.4 Å². The summed E-state index contributed by atoms with van der Waals surface area (Å²) in [7, 11) is 0. The Hall–Kier alpha value is -2.36. The molecule has 0 atom stereocenters. The number of aryl methyl sites for hydroxylation is 1. The summed E-state index contributed by atoms with van der Waals surface area (Å²) in [5, 5.41) is 0. The Kier molecular flexibility index (Phi) is 5.74. The van der Waals surface area contributed by atoms with E-state index in [1.54, 1.807) is 6.20 Å². The minimum absolute atomic E-state index is 0.0321. The molecule has 0 radical (unpaired) electrons. The van der Waals surface area contributed by atoms with Gasteiger partial charge in [0.25, 0.3) is 5.91 Å². The van der Waals surface area contributed by atoms with Crippen LogP contribution in [0, 0.1) is 6.92 Å². The summed E-state index contributed by atoms with van der Waals surface area (Å²) in [6, 6.07) is 10.3. The van der Waals surface area contributed by atoms with Gasteiger partial charge in [-0.05, 0) is 51.5 Å². The van der Waals surface area contributed by atoms with Crippen molar-refractivity contribution in [2.24, 2.45) is 0 Å². The summed E-state index contributed by atoms with van der Waals surface area (Å²) in [5.74, 6) is 0.0321. The number of benzene rings is 1. The summed E-state index contributed by atoms with van der Waals surface area (Å²) >= 11 is 0. The third-order valence-electron chi connectivity index (χ3n) is 3.96. The van der Waals surface area contributed by atoms with Crippen LogP contribution >= 0.6 is 0 Å². The van der Waals surface area contributed by atoms with Gasteiger partial charge in [0.15, 0.2) is 0 Å². The number of anilines is 2. The lowest BCUT2D eigenvalue weighted by molar-refractivity contribution is 0.0772. The molecule has 0 aliphatic rings. The maximum absolute atomic E-state index is 12.5. The zero-order chi connectivity index (χ0) is 16.8. The first kappa shape index (κ1) is 17.0. The molecule has 0 aliphatic carbocycles. The highest BCUT2D eigenvalue weighted by Gasteiger charge is 2.15. The fourth-order valence-corrected chi connectivity index (χ4v) is 2.70. The van der Waals surface area contributed by atoms with Gasteiger partial charge in [-0.3, -0.25) is 9.78 Å². The number of amides is 1. The number of carbonyl (C=O) groups is 1. The van der Waals surface area contributed by atoms with Crippen LogP contribution < -0.4 is 4.90 Å². The Bertz CT molecular complexity index is 665. The molecule has 1 amide bonds. The van der Waals surface area contributed by atoms with Crippen LogP contribution in [0.15, 0.2) is 42.7 Å². The molecule has 1 aromatic carbocycles. The van der Waals surface area contributed by atoms with Crippen LogP contribution in [0.2, 0.25) is 0 Å². The Labute approximate surface area is 138 Å². The summed E-state index contributed by atoms with van der Waals surface area (Å²) < 4.78 is 0. The molecule has 2 rings (SSSR count). The quantitative estimate of drug-likeness (QED) is 0.808. The number of pyridine rings is 1. The van der Waals surface area contributed by atoms with Gasteiger partial charge in [-0.2, -0.15) is 0 Å². The van der Waals surface area contributed by atoms with E-state index in [4.69, 9.17) is 0 Å². The monoisotopic (exact) mass is 311 g/mol. The third kappa shape index (κ3) is 3.89. The highest BCUT2D eigenvalue weighted by Crippen LogP contribution is 2.26. The van der Waals surface area contributed by atoms with Gasteiger partial charge >= 0.3 is 0 Å². The third-order valence-corrected chi connectivity index (χ3v) is 3.96. The van der Waals surface area contributed by atoms with Crippen LogP contribution in [0.25, 0.3) is 0 Å². The molecule has 4 nitrogen and oxygen atoms in total. The molecule has 1 aromatic heterocycles. The maximum Gasteiger partial charge on any atom is 0.255 e. The molecular weight excluding hydrogens is 286 g/mol. The van der Waals surface area contributed by atoms with Crippen molar-refractivity contribution in [2.45, 2.75) is 27.7 Å². The maximum atomic E-state index is 12.5. The molecule has 23 heavy (non-hydrogen) atoms. The second-order valence-electron chi connectivity index (χ2n) is 5.49. The molecule has 0 spiro atoms. The normalized spacial score (nSPS) is 10.4. The molecule has 0 fully saturated rings. The van der Waals surface area contributed by atoms with Gasteiger partial charge in [0.1, 0.15) is 0 Å². The summed E-state index contributed by atoms with van der Waals surface area (Å²) in [4.78, 5) is 20.8. The molecule has 1 heterocycles. The molecule has 4 heteroatoms. The van der Waals surface area contributed by atoms with E-state index in [9.17, 15) is 4.79 Å². The molecular formula is C19H25N3O. The lowest BCUT2D eigenvalue weighted by atomic mass is 10.1. The summed E-state index contributed by atoms with van der Waals surface area (Å²) in [5.41, 5.74) is 3.90. The second-order valence-corrected chi connectivity index (χ2v) is 5.49. The first-order valence-corrected chi connectivity index (χ1v) is 8.19. The van der Waals surface area contributed by atoms with Crippen LogP contribution in [-0.4, -0.2) is 35.4 Å². The molecule has 0 saturated carbocycles. The number of rotatable bonds is 6. The molecule has 122 valence electrons. The fourth-order valence-electron chi connectivity index (χ4n) is 2.70. The highest BCUT2D eigenvalue weighted by molar-refractivity contribution is 5.95. The van der Waals surface area contributed by atoms with Gasteiger partial charge in [0.05, 0.1) is 17.4 Å². The van der Waals surface area contributed by atoms with Gasteiger partial charge < -0.3 is 9.80 Å².